The van der Waals surface area contributed by atoms with Crippen LogP contribution in [0.4, 0.5) is 0 Å². The molecule has 1 N–H and O–H groups in total. The number of carbonyl (C=O) groups excluding carboxylic acids is 2. The molecule has 0 spiro atoms. The number of hydrogen-bond acceptors (Lipinski definition) is 3. The molecule has 2 rings (SSSR count). The smallest absolute Gasteiger partial charge is 0.245 e. The summed E-state index contributed by atoms with van der Waals surface area (Å²) in [6, 6.07) is 2.31. The molecule has 6 nitrogen and oxygen atoms in total. The number of rotatable bonds is 5. The Bertz CT molecular complexity index is 532. The van der Waals surface area contributed by atoms with Gasteiger partial charge in [-0.15, -0.1) is 0 Å². The highest BCUT2D eigenvalue weighted by atomic mass is 16.2. The van der Waals surface area contributed by atoms with Crippen molar-refractivity contribution in [1.29, 1.82) is 0 Å². The lowest BCUT2D eigenvalue weighted by Gasteiger charge is -2.40. The van der Waals surface area contributed by atoms with Crippen molar-refractivity contribution < 1.29 is 9.59 Å². The first-order valence-electron chi connectivity index (χ1n) is 7.53. The summed E-state index contributed by atoms with van der Waals surface area (Å²) >= 11 is 0. The first kappa shape index (κ1) is 15.5. The van der Waals surface area contributed by atoms with Gasteiger partial charge in [0.1, 0.15) is 5.54 Å². The Hall–Kier alpha value is -1.85. The fourth-order valence-corrected chi connectivity index (χ4v) is 2.68. The zero-order valence-corrected chi connectivity index (χ0v) is 13.2. The molecule has 0 aromatic carbocycles. The van der Waals surface area contributed by atoms with Gasteiger partial charge in [-0.05, 0) is 32.8 Å². The maximum Gasteiger partial charge on any atom is 0.245 e. The molecule has 0 aliphatic carbocycles. The van der Waals surface area contributed by atoms with E-state index in [-0.39, 0.29) is 18.4 Å². The predicted octanol–water partition coefficient (Wildman–Crippen LogP) is 1.48. The number of hydrogen-bond donors (Lipinski definition) is 1. The Morgan fingerprint density at radius 2 is 2.00 bits per heavy atom. The number of nitrogens with zero attached hydrogens (tertiary/aromatic N) is 3. The van der Waals surface area contributed by atoms with Gasteiger partial charge in [0, 0.05) is 6.20 Å². The Kier molecular flexibility index (Phi) is 4.34. The SMILES string of the molecule is CCC(CC)n1ccc(CN2C(=O)CNC(=O)C2(C)C)n1. The lowest BCUT2D eigenvalue weighted by Crippen LogP contribution is -2.63. The van der Waals surface area contributed by atoms with Crippen LogP contribution in [0.2, 0.25) is 0 Å². The van der Waals surface area contributed by atoms with Crippen LogP contribution in [0.5, 0.6) is 0 Å². The van der Waals surface area contributed by atoms with Gasteiger partial charge in [0.2, 0.25) is 11.8 Å². The van der Waals surface area contributed by atoms with Crippen molar-refractivity contribution in [1.82, 2.24) is 20.0 Å². The minimum absolute atomic E-state index is 0.0650. The van der Waals surface area contributed by atoms with Crippen molar-refractivity contribution in [2.75, 3.05) is 6.54 Å². The summed E-state index contributed by atoms with van der Waals surface area (Å²) in [5, 5.41) is 7.19. The third-order valence-electron chi connectivity index (χ3n) is 4.23. The highest BCUT2D eigenvalue weighted by molar-refractivity contribution is 5.97. The molecule has 2 heterocycles. The second-order valence-electron chi connectivity index (χ2n) is 5.98. The summed E-state index contributed by atoms with van der Waals surface area (Å²) in [6.45, 7) is 8.23. The molecule has 1 aromatic rings. The molecule has 0 bridgehead atoms. The van der Waals surface area contributed by atoms with Crippen LogP contribution >= 0.6 is 0 Å². The molecule has 1 fully saturated rings. The second kappa shape index (κ2) is 5.87. The third kappa shape index (κ3) is 2.94. The lowest BCUT2D eigenvalue weighted by molar-refractivity contribution is -0.152. The number of nitrogens with one attached hydrogen (secondary N) is 1. The maximum atomic E-state index is 12.1. The summed E-state index contributed by atoms with van der Waals surface area (Å²) in [4.78, 5) is 25.6. The quantitative estimate of drug-likeness (QED) is 0.894. The maximum absolute atomic E-state index is 12.1. The molecular formula is C15H24N4O2. The molecule has 0 radical (unpaired) electrons. The molecule has 6 heteroatoms. The van der Waals surface area contributed by atoms with Crippen molar-refractivity contribution in [2.24, 2.45) is 0 Å². The number of carbonyl (C=O) groups is 2. The monoisotopic (exact) mass is 292 g/mol. The van der Waals surface area contributed by atoms with Crippen LogP contribution in [0.3, 0.4) is 0 Å². The molecule has 0 unspecified atom stereocenters. The molecule has 21 heavy (non-hydrogen) atoms. The normalized spacial score (nSPS) is 18.2. The van der Waals surface area contributed by atoms with Gasteiger partial charge in [0.25, 0.3) is 0 Å². The standard InChI is InChI=1S/C15H24N4O2/c1-5-12(6-2)19-8-7-11(17-19)10-18-13(20)9-16-14(21)15(18,3)4/h7-8,12H,5-6,9-10H2,1-4H3,(H,16,21). The molecule has 1 aliphatic heterocycles. The third-order valence-corrected chi connectivity index (χ3v) is 4.23. The number of amides is 2. The largest absolute Gasteiger partial charge is 0.345 e. The zero-order valence-electron chi connectivity index (χ0n) is 13.2. The molecular weight excluding hydrogens is 268 g/mol. The van der Waals surface area contributed by atoms with Crippen LogP contribution in [-0.2, 0) is 16.1 Å². The van der Waals surface area contributed by atoms with Crippen LogP contribution in [-0.4, -0.2) is 38.6 Å². The van der Waals surface area contributed by atoms with E-state index in [0.29, 0.717) is 12.6 Å². The Morgan fingerprint density at radius 3 is 2.62 bits per heavy atom. The van der Waals surface area contributed by atoms with Gasteiger partial charge in [0.15, 0.2) is 0 Å². The topological polar surface area (TPSA) is 67.2 Å². The minimum Gasteiger partial charge on any atom is -0.345 e. The van der Waals surface area contributed by atoms with E-state index in [9.17, 15) is 9.59 Å². The van der Waals surface area contributed by atoms with Crippen LogP contribution in [0, 0.1) is 0 Å². The highest BCUT2D eigenvalue weighted by Gasteiger charge is 2.41. The van der Waals surface area contributed by atoms with Gasteiger partial charge in [-0.25, -0.2) is 0 Å². The van der Waals surface area contributed by atoms with E-state index in [1.165, 1.54) is 0 Å². The van der Waals surface area contributed by atoms with E-state index in [1.54, 1.807) is 18.7 Å². The van der Waals surface area contributed by atoms with Crippen molar-refractivity contribution in [2.45, 2.75) is 58.7 Å². The highest BCUT2D eigenvalue weighted by Crippen LogP contribution is 2.22. The Balaban J connectivity index is 2.17. The molecule has 1 aromatic heterocycles. The summed E-state index contributed by atoms with van der Waals surface area (Å²) in [6.07, 6.45) is 4.00. The molecule has 0 atom stereocenters. The van der Waals surface area contributed by atoms with E-state index >= 15 is 0 Å². The van der Waals surface area contributed by atoms with Gasteiger partial charge in [-0.1, -0.05) is 13.8 Å². The number of aromatic nitrogens is 2. The average molecular weight is 292 g/mol. The summed E-state index contributed by atoms with van der Waals surface area (Å²) in [5.74, 6) is -0.196. The molecule has 1 aliphatic rings. The fourth-order valence-electron chi connectivity index (χ4n) is 2.68. The van der Waals surface area contributed by atoms with Gasteiger partial charge >= 0.3 is 0 Å². The average Bonchev–Trinajstić information content (AvgIpc) is 2.90. The summed E-state index contributed by atoms with van der Waals surface area (Å²) < 4.78 is 1.96. The van der Waals surface area contributed by atoms with Gasteiger partial charge in [-0.3, -0.25) is 14.3 Å². The molecule has 116 valence electrons. The first-order valence-corrected chi connectivity index (χ1v) is 7.53. The first-order chi connectivity index (χ1) is 9.90. The Morgan fingerprint density at radius 1 is 1.33 bits per heavy atom. The molecule has 2 amide bonds. The van der Waals surface area contributed by atoms with Crippen molar-refractivity contribution in [3.8, 4) is 0 Å². The number of piperazine rings is 1. The van der Waals surface area contributed by atoms with Gasteiger partial charge < -0.3 is 10.2 Å². The van der Waals surface area contributed by atoms with E-state index in [0.717, 1.165) is 18.5 Å². The van der Waals surface area contributed by atoms with Gasteiger partial charge in [0.05, 0.1) is 24.8 Å². The van der Waals surface area contributed by atoms with E-state index < -0.39 is 5.54 Å². The molecule has 1 saturated heterocycles. The summed E-state index contributed by atoms with van der Waals surface area (Å²) in [5.41, 5.74) is -0.0216. The minimum atomic E-state index is -0.839. The fraction of sp³-hybridized carbons (Fsp3) is 0.667. The zero-order chi connectivity index (χ0) is 15.6. The molecule has 0 saturated carbocycles. The van der Waals surface area contributed by atoms with E-state index in [1.807, 2.05) is 16.9 Å². The van der Waals surface area contributed by atoms with Crippen LogP contribution < -0.4 is 5.32 Å². The van der Waals surface area contributed by atoms with E-state index in [4.69, 9.17) is 0 Å². The van der Waals surface area contributed by atoms with Crippen LogP contribution in [0.25, 0.3) is 0 Å². The van der Waals surface area contributed by atoms with E-state index in [2.05, 4.69) is 24.3 Å². The Labute approximate surface area is 125 Å². The van der Waals surface area contributed by atoms with Gasteiger partial charge in [-0.2, -0.15) is 5.10 Å². The lowest BCUT2D eigenvalue weighted by atomic mass is 9.98. The van der Waals surface area contributed by atoms with Crippen molar-refractivity contribution in [3.63, 3.8) is 0 Å². The van der Waals surface area contributed by atoms with Crippen LogP contribution in [0.15, 0.2) is 12.3 Å². The van der Waals surface area contributed by atoms with Crippen molar-refractivity contribution >= 4 is 11.8 Å². The summed E-state index contributed by atoms with van der Waals surface area (Å²) in [7, 11) is 0. The predicted molar refractivity (Wildman–Crippen MR) is 79.5 cm³/mol. The van der Waals surface area contributed by atoms with Crippen LogP contribution in [0.1, 0.15) is 52.3 Å². The second-order valence-corrected chi connectivity index (χ2v) is 5.98. The van der Waals surface area contributed by atoms with Crippen molar-refractivity contribution in [3.05, 3.63) is 18.0 Å².